The van der Waals surface area contributed by atoms with Crippen LogP contribution in [0.3, 0.4) is 0 Å². The number of rotatable bonds is 6. The van der Waals surface area contributed by atoms with Gasteiger partial charge in [0.25, 0.3) is 0 Å². The summed E-state index contributed by atoms with van der Waals surface area (Å²) in [5, 5.41) is 8.69. The molecule has 0 unspecified atom stereocenters. The van der Waals surface area contributed by atoms with Crippen LogP contribution in [0.2, 0.25) is 4.34 Å². The van der Waals surface area contributed by atoms with E-state index in [1.807, 2.05) is 18.2 Å². The van der Waals surface area contributed by atoms with Crippen molar-refractivity contribution in [2.24, 2.45) is 0 Å². The van der Waals surface area contributed by atoms with E-state index < -0.39 is 0 Å². The highest BCUT2D eigenvalue weighted by atomic mass is 35.5. The molecule has 21 heavy (non-hydrogen) atoms. The summed E-state index contributed by atoms with van der Waals surface area (Å²) in [6, 6.07) is 12.8. The third-order valence-electron chi connectivity index (χ3n) is 2.58. The number of nitriles is 1. The lowest BCUT2D eigenvalue weighted by atomic mass is 10.2. The highest BCUT2D eigenvalue weighted by Gasteiger charge is 2.05. The van der Waals surface area contributed by atoms with Gasteiger partial charge >= 0.3 is 5.97 Å². The van der Waals surface area contributed by atoms with E-state index in [0.717, 1.165) is 20.5 Å². The number of benzene rings is 1. The summed E-state index contributed by atoms with van der Waals surface area (Å²) >= 11 is 8.86. The summed E-state index contributed by atoms with van der Waals surface area (Å²) in [7, 11) is 0. The molecule has 0 fully saturated rings. The van der Waals surface area contributed by atoms with Gasteiger partial charge in [-0.15, -0.1) is 23.1 Å². The number of hydrogen-bond donors (Lipinski definition) is 0. The molecule has 3 nitrogen and oxygen atoms in total. The van der Waals surface area contributed by atoms with Crippen molar-refractivity contribution in [2.75, 3.05) is 5.75 Å². The summed E-state index contributed by atoms with van der Waals surface area (Å²) < 4.78 is 5.94. The Labute approximate surface area is 136 Å². The minimum atomic E-state index is -0.244. The number of esters is 1. The summed E-state index contributed by atoms with van der Waals surface area (Å²) in [6.45, 7) is 0.232. The maximum Gasteiger partial charge on any atom is 0.316 e. The second-order valence-electron chi connectivity index (χ2n) is 4.17. The molecule has 1 aromatic carbocycles. The van der Waals surface area contributed by atoms with Crippen molar-refractivity contribution < 1.29 is 9.53 Å². The van der Waals surface area contributed by atoms with E-state index in [9.17, 15) is 4.79 Å². The number of nitrogens with zero attached hydrogens (tertiary/aromatic N) is 1. The Morgan fingerprint density at radius 2 is 2.05 bits per heavy atom. The van der Waals surface area contributed by atoms with Crippen LogP contribution < -0.4 is 0 Å². The molecule has 0 aliphatic heterocycles. The van der Waals surface area contributed by atoms with Crippen LogP contribution in [0.1, 0.15) is 16.0 Å². The van der Waals surface area contributed by atoms with Crippen molar-refractivity contribution in [1.82, 2.24) is 0 Å². The number of ether oxygens (including phenoxy) is 1. The van der Waals surface area contributed by atoms with Gasteiger partial charge in [0.15, 0.2) is 0 Å². The van der Waals surface area contributed by atoms with Gasteiger partial charge in [0.2, 0.25) is 0 Å². The van der Waals surface area contributed by atoms with E-state index in [1.54, 1.807) is 24.3 Å². The number of thioether (sulfide) groups is 1. The van der Waals surface area contributed by atoms with E-state index >= 15 is 0 Å². The van der Waals surface area contributed by atoms with Crippen molar-refractivity contribution in [2.45, 2.75) is 12.4 Å². The Balaban J connectivity index is 1.68. The molecule has 0 amide bonds. The molecule has 0 bridgehead atoms. The van der Waals surface area contributed by atoms with Crippen LogP contribution in [-0.4, -0.2) is 11.7 Å². The zero-order valence-corrected chi connectivity index (χ0v) is 13.4. The molecule has 1 heterocycles. The summed E-state index contributed by atoms with van der Waals surface area (Å²) in [5.74, 6) is 0.821. The lowest BCUT2D eigenvalue weighted by Crippen LogP contribution is -2.07. The first-order chi connectivity index (χ1) is 10.2. The third-order valence-corrected chi connectivity index (χ3v) is 4.94. The van der Waals surface area contributed by atoms with Crippen molar-refractivity contribution in [1.29, 1.82) is 5.26 Å². The quantitative estimate of drug-likeness (QED) is 0.739. The second kappa shape index (κ2) is 8.08. The monoisotopic (exact) mass is 337 g/mol. The molecule has 108 valence electrons. The fraction of sp³-hybridized carbons (Fsp3) is 0.200. The Kier molecular flexibility index (Phi) is 6.12. The molecule has 0 aliphatic carbocycles. The Hall–Kier alpha value is -1.48. The van der Waals surface area contributed by atoms with Gasteiger partial charge in [-0.25, -0.2) is 0 Å². The first-order valence-electron chi connectivity index (χ1n) is 6.14. The number of thiophene rings is 1. The first-order valence-corrected chi connectivity index (χ1v) is 8.49. The normalized spacial score (nSPS) is 10.1. The van der Waals surface area contributed by atoms with Crippen LogP contribution >= 0.6 is 34.7 Å². The van der Waals surface area contributed by atoms with Crippen molar-refractivity contribution >= 4 is 40.7 Å². The van der Waals surface area contributed by atoms with Crippen molar-refractivity contribution in [3.8, 4) is 6.07 Å². The van der Waals surface area contributed by atoms with Crippen LogP contribution in [0.4, 0.5) is 0 Å². The summed E-state index contributed by atoms with van der Waals surface area (Å²) in [4.78, 5) is 12.8. The molecule has 6 heteroatoms. The Bertz CT molecular complexity index is 646. The minimum absolute atomic E-state index is 0.232. The lowest BCUT2D eigenvalue weighted by molar-refractivity contribution is -0.141. The smallest absolute Gasteiger partial charge is 0.316 e. The van der Waals surface area contributed by atoms with Gasteiger partial charge in [-0.1, -0.05) is 23.7 Å². The zero-order valence-electron chi connectivity index (χ0n) is 11.0. The number of carbonyl (C=O) groups excluding carboxylic acids is 1. The van der Waals surface area contributed by atoms with E-state index in [1.165, 1.54) is 23.1 Å². The molecule has 0 saturated heterocycles. The molecule has 0 spiro atoms. The highest BCUT2D eigenvalue weighted by molar-refractivity contribution is 7.99. The SMILES string of the molecule is N#Cc1ccc(COC(=O)CSCc2ccc(Cl)s2)cc1. The van der Waals surface area contributed by atoms with Gasteiger partial charge < -0.3 is 4.74 Å². The Morgan fingerprint density at radius 3 is 2.67 bits per heavy atom. The lowest BCUT2D eigenvalue weighted by Gasteiger charge is -2.04. The molecule has 0 radical (unpaired) electrons. The van der Waals surface area contributed by atoms with Crippen LogP contribution in [0.15, 0.2) is 36.4 Å². The average molecular weight is 338 g/mol. The van der Waals surface area contributed by atoms with E-state index in [4.69, 9.17) is 21.6 Å². The van der Waals surface area contributed by atoms with E-state index in [0.29, 0.717) is 11.3 Å². The number of carbonyl (C=O) groups is 1. The molecule has 2 rings (SSSR count). The van der Waals surface area contributed by atoms with Gasteiger partial charge in [0.1, 0.15) is 6.61 Å². The second-order valence-corrected chi connectivity index (χ2v) is 6.95. The van der Waals surface area contributed by atoms with Crippen LogP contribution in [0.25, 0.3) is 0 Å². The van der Waals surface area contributed by atoms with Gasteiger partial charge in [0, 0.05) is 10.6 Å². The summed E-state index contributed by atoms with van der Waals surface area (Å²) in [5.41, 5.74) is 1.47. The predicted molar refractivity (Wildman–Crippen MR) is 86.4 cm³/mol. The molecule has 0 aliphatic rings. The predicted octanol–water partition coefficient (Wildman–Crippen LogP) is 4.25. The van der Waals surface area contributed by atoms with E-state index in [2.05, 4.69) is 0 Å². The van der Waals surface area contributed by atoms with Gasteiger partial charge in [-0.3, -0.25) is 4.79 Å². The van der Waals surface area contributed by atoms with Crippen molar-refractivity contribution in [3.63, 3.8) is 0 Å². The molecular formula is C15H12ClNO2S2. The molecule has 0 N–H and O–H groups in total. The highest BCUT2D eigenvalue weighted by Crippen LogP contribution is 2.25. The number of halogens is 1. The van der Waals surface area contributed by atoms with Crippen molar-refractivity contribution in [3.05, 3.63) is 56.7 Å². The zero-order chi connectivity index (χ0) is 15.1. The fourth-order valence-corrected chi connectivity index (χ4v) is 3.56. The van der Waals surface area contributed by atoms with Gasteiger partial charge in [-0.2, -0.15) is 5.26 Å². The largest absolute Gasteiger partial charge is 0.460 e. The first kappa shape index (κ1) is 15.9. The molecule has 2 aromatic rings. The van der Waals surface area contributed by atoms with Crippen LogP contribution in [-0.2, 0) is 21.9 Å². The standard InChI is InChI=1S/C15H12ClNO2S2/c16-14-6-5-13(21-14)9-20-10-15(18)19-8-12-3-1-11(7-17)2-4-12/h1-6H,8-10H2. The minimum Gasteiger partial charge on any atom is -0.460 e. The fourth-order valence-electron chi connectivity index (χ4n) is 1.55. The summed E-state index contributed by atoms with van der Waals surface area (Å²) in [6.07, 6.45) is 0. The molecular weight excluding hydrogens is 326 g/mol. The van der Waals surface area contributed by atoms with Gasteiger partial charge in [-0.05, 0) is 29.8 Å². The Morgan fingerprint density at radius 1 is 1.29 bits per heavy atom. The van der Waals surface area contributed by atoms with Gasteiger partial charge in [0.05, 0.1) is 21.7 Å². The number of hydrogen-bond acceptors (Lipinski definition) is 5. The maximum absolute atomic E-state index is 11.6. The maximum atomic E-state index is 11.6. The molecule has 0 saturated carbocycles. The molecule has 1 aromatic heterocycles. The average Bonchev–Trinajstić information content (AvgIpc) is 2.91. The molecule has 0 atom stereocenters. The third kappa shape index (κ3) is 5.43. The van der Waals surface area contributed by atoms with Crippen LogP contribution in [0.5, 0.6) is 0 Å². The van der Waals surface area contributed by atoms with E-state index in [-0.39, 0.29) is 12.6 Å². The topological polar surface area (TPSA) is 50.1 Å². The van der Waals surface area contributed by atoms with Crippen LogP contribution in [0, 0.1) is 11.3 Å².